The molecular formula is C27H36N2O3. The van der Waals surface area contributed by atoms with Crippen LogP contribution in [0.5, 0.6) is 11.5 Å². The fraction of sp³-hybridized carbons (Fsp3) is 0.519. The highest BCUT2D eigenvalue weighted by Gasteiger charge is 2.17. The van der Waals surface area contributed by atoms with Crippen molar-refractivity contribution in [2.75, 3.05) is 52.5 Å². The Morgan fingerprint density at radius 2 is 1.31 bits per heavy atom. The molecule has 0 atom stereocenters. The highest BCUT2D eigenvalue weighted by Crippen LogP contribution is 2.27. The smallest absolute Gasteiger partial charge is 0.196 e. The predicted molar refractivity (Wildman–Crippen MR) is 128 cm³/mol. The third-order valence-electron chi connectivity index (χ3n) is 6.47. The average molecular weight is 437 g/mol. The maximum Gasteiger partial charge on any atom is 0.196 e. The molecule has 2 fully saturated rings. The van der Waals surface area contributed by atoms with Crippen LogP contribution in [-0.2, 0) is 0 Å². The molecule has 5 nitrogen and oxygen atoms in total. The van der Waals surface area contributed by atoms with Gasteiger partial charge < -0.3 is 9.47 Å². The molecule has 2 saturated heterocycles. The zero-order chi connectivity index (χ0) is 22.0. The number of nitrogens with zero attached hydrogens (tertiary/aromatic N) is 2. The van der Waals surface area contributed by atoms with Crippen LogP contribution < -0.4 is 9.47 Å². The third kappa shape index (κ3) is 6.57. The van der Waals surface area contributed by atoms with Crippen LogP contribution in [0.25, 0.3) is 0 Å². The number of likely N-dealkylation sites (tertiary alicyclic amines) is 2. The van der Waals surface area contributed by atoms with Gasteiger partial charge in [-0.15, -0.1) is 0 Å². The molecule has 172 valence electrons. The van der Waals surface area contributed by atoms with Gasteiger partial charge in [-0.05, 0) is 64.0 Å². The van der Waals surface area contributed by atoms with E-state index in [1.807, 2.05) is 48.5 Å². The summed E-state index contributed by atoms with van der Waals surface area (Å²) in [5.41, 5.74) is 1.27. The zero-order valence-electron chi connectivity index (χ0n) is 19.1. The highest BCUT2D eigenvalue weighted by atomic mass is 16.5. The number of piperidine rings is 2. The molecule has 0 aromatic heterocycles. The summed E-state index contributed by atoms with van der Waals surface area (Å²) in [6, 6.07) is 15.0. The monoisotopic (exact) mass is 436 g/mol. The van der Waals surface area contributed by atoms with Gasteiger partial charge in [0.15, 0.2) is 5.78 Å². The Kier molecular flexibility index (Phi) is 8.57. The molecule has 0 radical (unpaired) electrons. The van der Waals surface area contributed by atoms with Crippen LogP contribution in [0, 0.1) is 0 Å². The molecule has 0 saturated carbocycles. The number of carbonyl (C=O) groups excluding carboxylic acids is 1. The van der Waals surface area contributed by atoms with E-state index in [1.165, 1.54) is 51.6 Å². The van der Waals surface area contributed by atoms with Crippen molar-refractivity contribution >= 4 is 5.78 Å². The second kappa shape index (κ2) is 12.0. The summed E-state index contributed by atoms with van der Waals surface area (Å²) >= 11 is 0. The van der Waals surface area contributed by atoms with E-state index in [4.69, 9.17) is 9.47 Å². The van der Waals surface area contributed by atoms with Crippen molar-refractivity contribution < 1.29 is 14.3 Å². The lowest BCUT2D eigenvalue weighted by molar-refractivity contribution is 0.103. The van der Waals surface area contributed by atoms with Gasteiger partial charge >= 0.3 is 0 Å². The van der Waals surface area contributed by atoms with Gasteiger partial charge in [0.05, 0.1) is 5.56 Å². The van der Waals surface area contributed by atoms with Gasteiger partial charge in [-0.2, -0.15) is 0 Å². The molecule has 2 heterocycles. The minimum atomic E-state index is -0.0153. The van der Waals surface area contributed by atoms with E-state index in [2.05, 4.69) is 9.80 Å². The van der Waals surface area contributed by atoms with Gasteiger partial charge in [-0.25, -0.2) is 0 Å². The number of carbonyl (C=O) groups is 1. The largest absolute Gasteiger partial charge is 0.492 e. The van der Waals surface area contributed by atoms with Gasteiger partial charge in [-0.1, -0.05) is 43.2 Å². The van der Waals surface area contributed by atoms with Crippen molar-refractivity contribution in [3.8, 4) is 11.5 Å². The summed E-state index contributed by atoms with van der Waals surface area (Å²) in [7, 11) is 0. The van der Waals surface area contributed by atoms with Crippen LogP contribution in [0.1, 0.15) is 54.4 Å². The molecule has 4 rings (SSSR count). The van der Waals surface area contributed by atoms with E-state index in [-0.39, 0.29) is 5.78 Å². The fourth-order valence-corrected chi connectivity index (χ4v) is 4.59. The van der Waals surface area contributed by atoms with E-state index >= 15 is 0 Å². The Hall–Kier alpha value is -2.37. The van der Waals surface area contributed by atoms with Gasteiger partial charge in [-0.3, -0.25) is 14.6 Å². The minimum absolute atomic E-state index is 0.0153. The highest BCUT2D eigenvalue weighted by molar-refractivity contribution is 6.10. The van der Waals surface area contributed by atoms with Gasteiger partial charge in [0.25, 0.3) is 0 Å². The second-order valence-corrected chi connectivity index (χ2v) is 8.85. The normalized spacial score (nSPS) is 17.8. The summed E-state index contributed by atoms with van der Waals surface area (Å²) in [4.78, 5) is 18.0. The van der Waals surface area contributed by atoms with Crippen molar-refractivity contribution in [2.24, 2.45) is 0 Å². The first-order chi connectivity index (χ1) is 15.8. The van der Waals surface area contributed by atoms with Crippen LogP contribution >= 0.6 is 0 Å². The first kappa shape index (κ1) is 22.8. The fourth-order valence-electron chi connectivity index (χ4n) is 4.59. The molecule has 0 unspecified atom stereocenters. The SMILES string of the molecule is O=C(c1ccccc1)c1ccc(OCCN2CCCCC2)cc1OCCN1CCCCC1. The molecule has 0 spiro atoms. The molecule has 5 heteroatoms. The Bertz CT molecular complexity index is 843. The maximum absolute atomic E-state index is 13.1. The summed E-state index contributed by atoms with van der Waals surface area (Å²) in [5, 5.41) is 0. The zero-order valence-corrected chi connectivity index (χ0v) is 19.1. The number of benzene rings is 2. The maximum atomic E-state index is 13.1. The first-order valence-electron chi connectivity index (χ1n) is 12.2. The van der Waals surface area contributed by atoms with Crippen LogP contribution in [0.3, 0.4) is 0 Å². The first-order valence-corrected chi connectivity index (χ1v) is 12.2. The summed E-state index contributed by atoms with van der Waals surface area (Å²) in [5.74, 6) is 1.37. The van der Waals surface area contributed by atoms with Gasteiger partial charge in [0.2, 0.25) is 0 Å². The summed E-state index contributed by atoms with van der Waals surface area (Å²) in [6.45, 7) is 7.66. The van der Waals surface area contributed by atoms with Crippen LogP contribution in [0.4, 0.5) is 0 Å². The Morgan fingerprint density at radius 1 is 0.719 bits per heavy atom. The van der Waals surface area contributed by atoms with E-state index < -0.39 is 0 Å². The van der Waals surface area contributed by atoms with Gasteiger partial charge in [0.1, 0.15) is 24.7 Å². The van der Waals surface area contributed by atoms with Crippen molar-refractivity contribution in [1.29, 1.82) is 0 Å². The van der Waals surface area contributed by atoms with E-state index in [0.717, 1.165) is 31.9 Å². The number of ether oxygens (including phenoxy) is 2. The molecule has 32 heavy (non-hydrogen) atoms. The number of ketones is 1. The average Bonchev–Trinajstić information content (AvgIpc) is 2.86. The van der Waals surface area contributed by atoms with E-state index in [1.54, 1.807) is 0 Å². The lowest BCUT2D eigenvalue weighted by Gasteiger charge is -2.26. The lowest BCUT2D eigenvalue weighted by Crippen LogP contribution is -2.33. The predicted octanol–water partition coefficient (Wildman–Crippen LogP) is 4.65. The number of hydrogen-bond donors (Lipinski definition) is 0. The van der Waals surface area contributed by atoms with Crippen molar-refractivity contribution in [2.45, 2.75) is 38.5 Å². The molecular weight excluding hydrogens is 400 g/mol. The second-order valence-electron chi connectivity index (χ2n) is 8.85. The molecule has 0 aliphatic carbocycles. The molecule has 2 aliphatic rings. The van der Waals surface area contributed by atoms with E-state index in [9.17, 15) is 4.79 Å². The molecule has 2 aromatic rings. The van der Waals surface area contributed by atoms with Crippen LogP contribution in [0.15, 0.2) is 48.5 Å². The Labute approximate surface area is 192 Å². The standard InChI is InChI=1S/C27H36N2O3/c30-27(23-10-4-1-5-11-23)25-13-12-24(31-20-18-28-14-6-2-7-15-28)22-26(25)32-21-19-29-16-8-3-9-17-29/h1,4-5,10-13,22H,2-3,6-9,14-21H2. The van der Waals surface area contributed by atoms with E-state index in [0.29, 0.717) is 30.1 Å². The topological polar surface area (TPSA) is 42.0 Å². The molecule has 0 amide bonds. The number of rotatable bonds is 10. The minimum Gasteiger partial charge on any atom is -0.492 e. The summed E-state index contributed by atoms with van der Waals surface area (Å²) in [6.07, 6.45) is 7.75. The lowest BCUT2D eigenvalue weighted by atomic mass is 10.0. The molecule has 0 bridgehead atoms. The van der Waals surface area contributed by atoms with Crippen LogP contribution in [0.2, 0.25) is 0 Å². The van der Waals surface area contributed by atoms with Crippen LogP contribution in [-0.4, -0.2) is 68.1 Å². The Balaban J connectivity index is 1.41. The molecule has 0 N–H and O–H groups in total. The van der Waals surface area contributed by atoms with Crippen molar-refractivity contribution in [1.82, 2.24) is 9.80 Å². The number of hydrogen-bond acceptors (Lipinski definition) is 5. The molecule has 2 aromatic carbocycles. The van der Waals surface area contributed by atoms with Crippen molar-refractivity contribution in [3.63, 3.8) is 0 Å². The van der Waals surface area contributed by atoms with Crippen molar-refractivity contribution in [3.05, 3.63) is 59.7 Å². The molecule has 2 aliphatic heterocycles. The third-order valence-corrected chi connectivity index (χ3v) is 6.47. The summed E-state index contributed by atoms with van der Waals surface area (Å²) < 4.78 is 12.2. The quantitative estimate of drug-likeness (QED) is 0.507. The van der Waals surface area contributed by atoms with Gasteiger partial charge in [0, 0.05) is 24.7 Å². The Morgan fingerprint density at radius 3 is 1.94 bits per heavy atom.